The fourth-order valence-electron chi connectivity index (χ4n) is 2.11. The molecule has 1 aromatic rings. The molecule has 5 heteroatoms. The third kappa shape index (κ3) is 2.05. The average molecular weight is 266 g/mol. The molecule has 1 amide bonds. The Hall–Kier alpha value is -1.65. The monoisotopic (exact) mass is 265 g/mol. The molecule has 0 spiro atoms. The molecule has 1 aliphatic rings. The lowest BCUT2D eigenvalue weighted by Gasteiger charge is -2.19. The quantitative estimate of drug-likeness (QED) is 0.852. The summed E-state index contributed by atoms with van der Waals surface area (Å²) in [6, 6.07) is 6.53. The van der Waals surface area contributed by atoms with Gasteiger partial charge in [0.2, 0.25) is 0 Å². The number of nitrogens with one attached hydrogen (secondary N) is 1. The Labute approximate surface area is 109 Å². The molecule has 2 rings (SSSR count). The van der Waals surface area contributed by atoms with Crippen molar-refractivity contribution in [2.24, 2.45) is 0 Å². The third-order valence-electron chi connectivity index (χ3n) is 2.81. The number of benzene rings is 1. The lowest BCUT2D eigenvalue weighted by Crippen LogP contribution is -2.42. The van der Waals surface area contributed by atoms with Crippen LogP contribution in [0.5, 0.6) is 0 Å². The van der Waals surface area contributed by atoms with Crippen molar-refractivity contribution in [3.05, 3.63) is 40.4 Å². The van der Waals surface area contributed by atoms with Crippen LogP contribution in [-0.2, 0) is 9.59 Å². The van der Waals surface area contributed by atoms with Gasteiger partial charge in [0, 0.05) is 5.02 Å². The Balaban J connectivity index is 2.64. The molecule has 0 bridgehead atoms. The average Bonchev–Trinajstić information content (AvgIpc) is 2.49. The standard InChI is InChI=1S/C13H12ClNO3/c1-7(16)11-10(12(17)15-13(11,2)18)8-3-5-9(14)6-4-8/h3-6,18H,1-2H3,(H,15,17). The minimum Gasteiger partial charge on any atom is -0.367 e. The summed E-state index contributed by atoms with van der Waals surface area (Å²) in [5.41, 5.74) is -0.795. The van der Waals surface area contributed by atoms with Gasteiger partial charge in [-0.3, -0.25) is 9.59 Å². The van der Waals surface area contributed by atoms with Gasteiger partial charge in [0.1, 0.15) is 0 Å². The van der Waals surface area contributed by atoms with E-state index in [4.69, 9.17) is 11.6 Å². The van der Waals surface area contributed by atoms with Gasteiger partial charge in [-0.25, -0.2) is 0 Å². The number of carbonyl (C=O) groups is 2. The van der Waals surface area contributed by atoms with Crippen LogP contribution in [0.15, 0.2) is 29.8 Å². The summed E-state index contributed by atoms with van der Waals surface area (Å²) < 4.78 is 0. The SMILES string of the molecule is CC(=O)C1=C(c2ccc(Cl)cc2)C(=O)NC1(C)O. The molecule has 0 aromatic heterocycles. The highest BCUT2D eigenvalue weighted by molar-refractivity contribution is 6.31. The molecule has 18 heavy (non-hydrogen) atoms. The van der Waals surface area contributed by atoms with Crippen LogP contribution in [-0.4, -0.2) is 22.5 Å². The van der Waals surface area contributed by atoms with Gasteiger partial charge >= 0.3 is 0 Å². The maximum Gasteiger partial charge on any atom is 0.254 e. The largest absolute Gasteiger partial charge is 0.367 e. The first-order valence-corrected chi connectivity index (χ1v) is 5.77. The Bertz CT molecular complexity index is 558. The molecule has 1 atom stereocenters. The molecule has 0 saturated carbocycles. The second-order valence-electron chi connectivity index (χ2n) is 4.34. The Morgan fingerprint density at radius 1 is 1.33 bits per heavy atom. The number of hydrogen-bond acceptors (Lipinski definition) is 3. The number of amides is 1. The zero-order valence-corrected chi connectivity index (χ0v) is 10.7. The van der Waals surface area contributed by atoms with E-state index in [0.717, 1.165) is 0 Å². The second kappa shape index (κ2) is 4.23. The van der Waals surface area contributed by atoms with Gasteiger partial charge in [-0.15, -0.1) is 0 Å². The predicted octanol–water partition coefficient (Wildman–Crippen LogP) is 1.52. The summed E-state index contributed by atoms with van der Waals surface area (Å²) in [6.07, 6.45) is 0. The molecule has 0 saturated heterocycles. The third-order valence-corrected chi connectivity index (χ3v) is 3.06. The predicted molar refractivity (Wildman–Crippen MR) is 67.8 cm³/mol. The molecule has 0 fully saturated rings. The van der Waals surface area contributed by atoms with Crippen LogP contribution in [0.2, 0.25) is 5.02 Å². The molecule has 2 N–H and O–H groups in total. The van der Waals surface area contributed by atoms with E-state index in [9.17, 15) is 14.7 Å². The number of carbonyl (C=O) groups excluding carboxylic acids is 2. The van der Waals surface area contributed by atoms with E-state index < -0.39 is 11.6 Å². The van der Waals surface area contributed by atoms with Gasteiger partial charge < -0.3 is 10.4 Å². The normalized spacial score (nSPS) is 23.2. The van der Waals surface area contributed by atoms with Crippen molar-refractivity contribution in [3.8, 4) is 0 Å². The second-order valence-corrected chi connectivity index (χ2v) is 4.78. The summed E-state index contributed by atoms with van der Waals surface area (Å²) >= 11 is 5.78. The van der Waals surface area contributed by atoms with Crippen LogP contribution < -0.4 is 5.32 Å². The topological polar surface area (TPSA) is 66.4 Å². The summed E-state index contributed by atoms with van der Waals surface area (Å²) in [5.74, 6) is -0.809. The number of Topliss-reactive ketones (excluding diaryl/α,β-unsaturated/α-hetero) is 1. The summed E-state index contributed by atoms with van der Waals surface area (Å²) in [4.78, 5) is 23.5. The van der Waals surface area contributed by atoms with E-state index in [1.165, 1.54) is 13.8 Å². The first-order chi connectivity index (χ1) is 8.33. The molecular weight excluding hydrogens is 254 g/mol. The van der Waals surface area contributed by atoms with Crippen molar-refractivity contribution in [2.75, 3.05) is 0 Å². The van der Waals surface area contributed by atoms with Crippen LogP contribution in [0.3, 0.4) is 0 Å². The van der Waals surface area contributed by atoms with Crippen molar-refractivity contribution in [3.63, 3.8) is 0 Å². The van der Waals surface area contributed by atoms with Crippen molar-refractivity contribution in [1.29, 1.82) is 0 Å². The number of rotatable bonds is 2. The van der Waals surface area contributed by atoms with E-state index in [1.807, 2.05) is 0 Å². The fourth-order valence-corrected chi connectivity index (χ4v) is 2.24. The smallest absolute Gasteiger partial charge is 0.254 e. The van der Waals surface area contributed by atoms with Gasteiger partial charge in [-0.1, -0.05) is 23.7 Å². The van der Waals surface area contributed by atoms with Crippen LogP contribution in [0, 0.1) is 0 Å². The Morgan fingerprint density at radius 3 is 2.39 bits per heavy atom. The molecule has 0 aliphatic carbocycles. The van der Waals surface area contributed by atoms with E-state index in [2.05, 4.69) is 5.32 Å². The van der Waals surface area contributed by atoms with Crippen LogP contribution >= 0.6 is 11.6 Å². The lowest BCUT2D eigenvalue weighted by molar-refractivity contribution is -0.119. The number of ketones is 1. The van der Waals surface area contributed by atoms with Crippen molar-refractivity contribution >= 4 is 28.9 Å². The molecule has 1 aliphatic heterocycles. The van der Waals surface area contributed by atoms with Gasteiger partial charge in [0.15, 0.2) is 11.5 Å². The maximum absolute atomic E-state index is 11.9. The van der Waals surface area contributed by atoms with Gasteiger partial charge in [0.25, 0.3) is 5.91 Å². The minimum atomic E-state index is -1.63. The van der Waals surface area contributed by atoms with Crippen molar-refractivity contribution in [2.45, 2.75) is 19.6 Å². The lowest BCUT2D eigenvalue weighted by atomic mass is 9.95. The van der Waals surface area contributed by atoms with Crippen LogP contribution in [0.25, 0.3) is 5.57 Å². The number of hydrogen-bond donors (Lipinski definition) is 2. The number of aliphatic hydroxyl groups is 1. The Morgan fingerprint density at radius 2 is 1.89 bits per heavy atom. The molecule has 94 valence electrons. The zero-order chi connectivity index (χ0) is 13.5. The van der Waals surface area contributed by atoms with E-state index >= 15 is 0 Å². The molecular formula is C13H12ClNO3. The summed E-state index contributed by atoms with van der Waals surface area (Å²) in [5, 5.41) is 13.0. The fraction of sp³-hybridized carbons (Fsp3) is 0.231. The number of halogens is 1. The highest BCUT2D eigenvalue weighted by Gasteiger charge is 2.42. The van der Waals surface area contributed by atoms with Crippen molar-refractivity contribution < 1.29 is 14.7 Å². The molecule has 0 radical (unpaired) electrons. The highest BCUT2D eigenvalue weighted by atomic mass is 35.5. The maximum atomic E-state index is 11.9. The zero-order valence-electron chi connectivity index (χ0n) is 9.95. The molecule has 1 aromatic carbocycles. The van der Waals surface area contributed by atoms with Crippen LogP contribution in [0.1, 0.15) is 19.4 Å². The van der Waals surface area contributed by atoms with E-state index in [1.54, 1.807) is 24.3 Å². The van der Waals surface area contributed by atoms with Gasteiger partial charge in [0.05, 0.1) is 11.1 Å². The Kier molecular flexibility index (Phi) is 3.00. The first kappa shape index (κ1) is 12.8. The minimum absolute atomic E-state index is 0.0785. The van der Waals surface area contributed by atoms with Gasteiger partial charge in [-0.2, -0.15) is 0 Å². The molecule has 4 nitrogen and oxygen atoms in total. The molecule has 1 unspecified atom stereocenters. The van der Waals surface area contributed by atoms with Gasteiger partial charge in [-0.05, 0) is 31.5 Å². The van der Waals surface area contributed by atoms with E-state index in [0.29, 0.717) is 10.6 Å². The van der Waals surface area contributed by atoms with Crippen LogP contribution in [0.4, 0.5) is 0 Å². The summed E-state index contributed by atoms with van der Waals surface area (Å²) in [7, 11) is 0. The summed E-state index contributed by atoms with van der Waals surface area (Å²) in [6.45, 7) is 2.70. The highest BCUT2D eigenvalue weighted by Crippen LogP contribution is 2.32. The first-order valence-electron chi connectivity index (χ1n) is 5.39. The molecule has 1 heterocycles. The van der Waals surface area contributed by atoms with E-state index in [-0.39, 0.29) is 16.9 Å². The van der Waals surface area contributed by atoms with Crippen molar-refractivity contribution in [1.82, 2.24) is 5.32 Å².